The van der Waals surface area contributed by atoms with Gasteiger partial charge in [-0.15, -0.1) is 0 Å². The minimum absolute atomic E-state index is 0.0184. The molecule has 2 aliphatic heterocycles. The lowest BCUT2D eigenvalue weighted by Gasteiger charge is -2.43. The smallest absolute Gasteiger partial charge is 0.255 e. The monoisotopic (exact) mass is 303 g/mol. The predicted octanol–water partition coefficient (Wildman–Crippen LogP) is 0.765. The summed E-state index contributed by atoms with van der Waals surface area (Å²) in [6.07, 6.45) is 4.02. The third-order valence-corrected chi connectivity index (χ3v) is 4.51. The Morgan fingerprint density at radius 1 is 1.41 bits per heavy atom. The summed E-state index contributed by atoms with van der Waals surface area (Å²) in [7, 11) is 0. The van der Waals surface area contributed by atoms with Gasteiger partial charge in [0.2, 0.25) is 5.91 Å². The van der Waals surface area contributed by atoms with Crippen molar-refractivity contribution >= 4 is 11.8 Å². The summed E-state index contributed by atoms with van der Waals surface area (Å²) in [4.78, 5) is 29.8. The van der Waals surface area contributed by atoms with E-state index in [-0.39, 0.29) is 24.0 Å². The minimum Gasteiger partial charge on any atom is -0.363 e. The zero-order valence-electron chi connectivity index (χ0n) is 12.8. The van der Waals surface area contributed by atoms with E-state index in [4.69, 9.17) is 4.74 Å². The van der Waals surface area contributed by atoms with E-state index in [1.165, 1.54) is 0 Å². The highest BCUT2D eigenvalue weighted by atomic mass is 16.5. The van der Waals surface area contributed by atoms with Gasteiger partial charge in [0.25, 0.3) is 5.91 Å². The highest BCUT2D eigenvalue weighted by Gasteiger charge is 2.40. The van der Waals surface area contributed by atoms with Crippen LogP contribution in [0.25, 0.3) is 0 Å². The molecular formula is C16H21N3O3. The number of pyridine rings is 1. The maximum atomic E-state index is 12.5. The molecule has 0 atom stereocenters. The Hall–Kier alpha value is -1.95. The summed E-state index contributed by atoms with van der Waals surface area (Å²) in [5.41, 5.74) is 1.32. The number of nitrogens with one attached hydrogen (secondary N) is 1. The van der Waals surface area contributed by atoms with Crippen molar-refractivity contribution in [2.24, 2.45) is 0 Å². The van der Waals surface area contributed by atoms with Crippen LogP contribution in [0.5, 0.6) is 0 Å². The van der Waals surface area contributed by atoms with Gasteiger partial charge >= 0.3 is 0 Å². The van der Waals surface area contributed by atoms with E-state index in [0.29, 0.717) is 25.2 Å². The summed E-state index contributed by atoms with van der Waals surface area (Å²) >= 11 is 0. The van der Waals surface area contributed by atoms with Gasteiger partial charge in [0.05, 0.1) is 11.2 Å². The molecule has 22 heavy (non-hydrogen) atoms. The molecule has 6 heteroatoms. The first-order valence-corrected chi connectivity index (χ1v) is 7.77. The number of aryl methyl sites for hydroxylation is 1. The highest BCUT2D eigenvalue weighted by molar-refractivity contribution is 5.94. The van der Waals surface area contributed by atoms with Gasteiger partial charge in [0.15, 0.2) is 0 Å². The van der Waals surface area contributed by atoms with Crippen molar-refractivity contribution in [3.63, 3.8) is 0 Å². The maximum absolute atomic E-state index is 12.5. The number of carbonyl (C=O) groups excluding carboxylic acids is 2. The average Bonchev–Trinajstić information content (AvgIpc) is 2.58. The second-order valence-corrected chi connectivity index (χ2v) is 5.93. The molecule has 2 fully saturated rings. The van der Waals surface area contributed by atoms with Crippen molar-refractivity contribution in [2.75, 3.05) is 26.2 Å². The van der Waals surface area contributed by atoms with E-state index in [1.54, 1.807) is 6.20 Å². The lowest BCUT2D eigenvalue weighted by Crippen LogP contribution is -2.58. The fourth-order valence-corrected chi connectivity index (χ4v) is 2.96. The van der Waals surface area contributed by atoms with Gasteiger partial charge in [-0.1, -0.05) is 6.92 Å². The van der Waals surface area contributed by atoms with Crippen molar-refractivity contribution in [3.05, 3.63) is 29.6 Å². The highest BCUT2D eigenvalue weighted by Crippen LogP contribution is 2.28. The zero-order chi connectivity index (χ0) is 15.6. The number of hydrogen-bond donors (Lipinski definition) is 1. The Morgan fingerprint density at radius 3 is 2.73 bits per heavy atom. The molecule has 1 aromatic rings. The van der Waals surface area contributed by atoms with Gasteiger partial charge in [0.1, 0.15) is 6.61 Å². The molecule has 1 N–H and O–H groups in total. The summed E-state index contributed by atoms with van der Waals surface area (Å²) in [5.74, 6) is -0.0453. The summed E-state index contributed by atoms with van der Waals surface area (Å²) in [6.45, 7) is 3.99. The Morgan fingerprint density at radius 2 is 2.18 bits per heavy atom. The van der Waals surface area contributed by atoms with Gasteiger partial charge in [-0.05, 0) is 31.4 Å². The molecule has 0 aliphatic carbocycles. The van der Waals surface area contributed by atoms with Crippen LogP contribution in [0.3, 0.4) is 0 Å². The number of nitrogens with zero attached hydrogens (tertiary/aromatic N) is 2. The van der Waals surface area contributed by atoms with E-state index < -0.39 is 0 Å². The van der Waals surface area contributed by atoms with Crippen LogP contribution in [0.15, 0.2) is 18.3 Å². The molecule has 3 rings (SSSR count). The molecule has 0 saturated carbocycles. The van der Waals surface area contributed by atoms with Crippen LogP contribution in [-0.2, 0) is 16.0 Å². The van der Waals surface area contributed by atoms with Crippen molar-refractivity contribution in [2.45, 2.75) is 31.8 Å². The first-order chi connectivity index (χ1) is 10.6. The molecular weight excluding hydrogens is 282 g/mol. The molecule has 2 amide bonds. The Kier molecular flexibility index (Phi) is 4.11. The van der Waals surface area contributed by atoms with E-state index >= 15 is 0 Å². The Bertz CT molecular complexity index is 551. The zero-order valence-corrected chi connectivity index (χ0v) is 12.8. The summed E-state index contributed by atoms with van der Waals surface area (Å²) in [6, 6.07) is 3.74. The van der Waals surface area contributed by atoms with Gasteiger partial charge in [-0.3, -0.25) is 14.6 Å². The number of carbonyl (C=O) groups is 2. The maximum Gasteiger partial charge on any atom is 0.255 e. The van der Waals surface area contributed by atoms with Crippen molar-refractivity contribution in [1.82, 2.24) is 15.2 Å². The third kappa shape index (κ3) is 2.97. The van der Waals surface area contributed by atoms with E-state index in [2.05, 4.69) is 10.3 Å². The lowest BCUT2D eigenvalue weighted by atomic mass is 9.89. The fourth-order valence-electron chi connectivity index (χ4n) is 2.96. The Labute approximate surface area is 129 Å². The molecule has 1 aromatic heterocycles. The molecule has 1 spiro atoms. The van der Waals surface area contributed by atoms with Gasteiger partial charge in [0, 0.05) is 31.5 Å². The SMILES string of the molecule is CCc1ccc(C(=O)N2CCC3(CC2)CNC(=O)CO3)cn1. The quantitative estimate of drug-likeness (QED) is 0.876. The van der Waals surface area contributed by atoms with Crippen LogP contribution >= 0.6 is 0 Å². The number of ether oxygens (including phenoxy) is 1. The van der Waals surface area contributed by atoms with Crippen molar-refractivity contribution < 1.29 is 14.3 Å². The Balaban J connectivity index is 1.60. The molecule has 2 aliphatic rings. The van der Waals surface area contributed by atoms with Crippen LogP contribution in [0, 0.1) is 0 Å². The first-order valence-electron chi connectivity index (χ1n) is 7.77. The van der Waals surface area contributed by atoms with Crippen LogP contribution in [0.2, 0.25) is 0 Å². The number of piperidine rings is 1. The lowest BCUT2D eigenvalue weighted by molar-refractivity contribution is -0.149. The van der Waals surface area contributed by atoms with Crippen LogP contribution in [0.4, 0.5) is 0 Å². The van der Waals surface area contributed by atoms with Gasteiger partial charge < -0.3 is 15.0 Å². The van der Waals surface area contributed by atoms with E-state index in [0.717, 1.165) is 25.0 Å². The van der Waals surface area contributed by atoms with Gasteiger partial charge in [-0.25, -0.2) is 0 Å². The molecule has 0 bridgehead atoms. The number of aromatic nitrogens is 1. The number of hydrogen-bond acceptors (Lipinski definition) is 4. The normalized spacial score (nSPS) is 20.8. The predicted molar refractivity (Wildman–Crippen MR) is 80.4 cm³/mol. The standard InChI is InChI=1S/C16H21N3O3/c1-2-13-4-3-12(9-17-13)15(21)19-7-5-16(6-8-19)11-18-14(20)10-22-16/h3-4,9H,2,5-8,10-11H2,1H3,(H,18,20). The van der Waals surface area contributed by atoms with Gasteiger partial charge in [-0.2, -0.15) is 0 Å². The topological polar surface area (TPSA) is 71.5 Å². The minimum atomic E-state index is -0.297. The van der Waals surface area contributed by atoms with E-state index in [9.17, 15) is 9.59 Å². The molecule has 2 saturated heterocycles. The molecule has 6 nitrogen and oxygen atoms in total. The fraction of sp³-hybridized carbons (Fsp3) is 0.562. The summed E-state index contributed by atoms with van der Waals surface area (Å²) < 4.78 is 5.72. The number of likely N-dealkylation sites (tertiary alicyclic amines) is 1. The third-order valence-electron chi connectivity index (χ3n) is 4.51. The molecule has 0 aromatic carbocycles. The second kappa shape index (κ2) is 6.04. The first kappa shape index (κ1) is 15.0. The largest absolute Gasteiger partial charge is 0.363 e. The molecule has 3 heterocycles. The molecule has 118 valence electrons. The average molecular weight is 303 g/mol. The number of amides is 2. The van der Waals surface area contributed by atoms with Crippen LogP contribution < -0.4 is 5.32 Å². The van der Waals surface area contributed by atoms with Crippen molar-refractivity contribution in [1.29, 1.82) is 0 Å². The number of morpholine rings is 1. The molecule has 0 radical (unpaired) electrons. The molecule has 0 unspecified atom stereocenters. The van der Waals surface area contributed by atoms with E-state index in [1.807, 2.05) is 24.0 Å². The van der Waals surface area contributed by atoms with Crippen LogP contribution in [-0.4, -0.2) is 53.5 Å². The number of rotatable bonds is 2. The van der Waals surface area contributed by atoms with Crippen LogP contribution in [0.1, 0.15) is 35.8 Å². The summed E-state index contributed by atoms with van der Waals surface area (Å²) in [5, 5.41) is 2.85. The van der Waals surface area contributed by atoms with Crippen molar-refractivity contribution in [3.8, 4) is 0 Å². The second-order valence-electron chi connectivity index (χ2n) is 5.93.